The molecule has 4 fully saturated rings. The summed E-state index contributed by atoms with van der Waals surface area (Å²) in [5.41, 5.74) is 5.85. The van der Waals surface area contributed by atoms with E-state index in [0.29, 0.717) is 54.9 Å². The summed E-state index contributed by atoms with van der Waals surface area (Å²) < 4.78 is 51.9. The minimum Gasteiger partial charge on any atom is -0.461 e. The Kier molecular flexibility index (Phi) is 6.75. The van der Waals surface area contributed by atoms with Crippen LogP contribution < -0.4 is 20.7 Å². The van der Waals surface area contributed by atoms with Gasteiger partial charge in [0.15, 0.2) is 5.82 Å². The topological polar surface area (TPSA) is 92.4 Å². The number of piperazine rings is 1. The Morgan fingerprint density at radius 2 is 1.98 bits per heavy atom. The average Bonchev–Trinajstić information content (AvgIpc) is 3.57. The molecule has 12 heteroatoms. The highest BCUT2D eigenvalue weighted by Crippen LogP contribution is 2.43. The summed E-state index contributed by atoms with van der Waals surface area (Å²) in [6.45, 7) is 7.86. The number of nitrogen functional groups attached to an aromatic ring is 1. The minimum atomic E-state index is -0.908. The number of nitrogens with one attached hydrogen (secondary N) is 1. The van der Waals surface area contributed by atoms with Crippen LogP contribution in [0.2, 0.25) is 5.02 Å². The Balaban J connectivity index is 1.37. The van der Waals surface area contributed by atoms with Gasteiger partial charge in [0.1, 0.15) is 35.8 Å². The van der Waals surface area contributed by atoms with Crippen molar-refractivity contribution in [3.63, 3.8) is 0 Å². The van der Waals surface area contributed by atoms with Gasteiger partial charge in [0.05, 0.1) is 21.8 Å². The highest BCUT2D eigenvalue weighted by atomic mass is 35.5. The van der Waals surface area contributed by atoms with Crippen LogP contribution in [0, 0.1) is 12.7 Å². The fourth-order valence-corrected chi connectivity index (χ4v) is 7.80. The van der Waals surface area contributed by atoms with Crippen molar-refractivity contribution in [2.75, 3.05) is 43.4 Å². The average molecular weight is 600 g/mol. The SMILES string of the molecule is C=C(F)c1c(C)cc(N)nc1-c1c(Cl)cc2c(N3CC4CCC(C3)N4)nc(OC[C@@]34CCCN3C[C@H](F)C4)nc2c1F. The Morgan fingerprint density at radius 3 is 2.71 bits per heavy atom. The standard InChI is InChI=1S/C30H33ClF3N7O/c1-15-8-22(35)37-27(23(15)16(2)32)24-21(31)9-20-26(25(24)34)38-29(39-28(20)40-12-18-4-5-19(13-40)36-18)42-14-30-6-3-7-41(30)11-17(33)10-30/h8-9,17-19,36H,2-7,10-14H2,1H3,(H2,35,37)/t17-,18?,19?,30+/m1/s1. The molecule has 8 nitrogen and oxygen atoms in total. The molecule has 0 aliphatic carbocycles. The highest BCUT2D eigenvalue weighted by molar-refractivity contribution is 6.34. The minimum absolute atomic E-state index is 0.00549. The van der Waals surface area contributed by atoms with Crippen LogP contribution >= 0.6 is 11.6 Å². The van der Waals surface area contributed by atoms with Gasteiger partial charge in [0, 0.05) is 49.1 Å². The zero-order valence-corrected chi connectivity index (χ0v) is 24.2. The van der Waals surface area contributed by atoms with E-state index in [0.717, 1.165) is 32.2 Å². The van der Waals surface area contributed by atoms with Crippen LogP contribution in [0.25, 0.3) is 28.0 Å². The van der Waals surface area contributed by atoms with E-state index in [1.165, 1.54) is 6.07 Å². The lowest BCUT2D eigenvalue weighted by Crippen LogP contribution is -2.51. The Bertz CT molecular complexity index is 1590. The summed E-state index contributed by atoms with van der Waals surface area (Å²) in [6.07, 6.45) is 3.36. The number of hydrogen-bond acceptors (Lipinski definition) is 8. The van der Waals surface area contributed by atoms with Gasteiger partial charge >= 0.3 is 6.01 Å². The van der Waals surface area contributed by atoms with E-state index in [2.05, 4.69) is 31.7 Å². The fraction of sp³-hybridized carbons (Fsp3) is 0.500. The third-order valence-corrected chi connectivity index (χ3v) is 9.63. The number of aromatic nitrogens is 3. The number of nitrogens with zero attached hydrogens (tertiary/aromatic N) is 5. The molecule has 2 unspecified atom stereocenters. The Hall–Kier alpha value is -3.15. The summed E-state index contributed by atoms with van der Waals surface area (Å²) in [6, 6.07) is 3.69. The number of hydrogen-bond donors (Lipinski definition) is 2. The molecule has 1 aromatic carbocycles. The summed E-state index contributed by atoms with van der Waals surface area (Å²) in [5.74, 6) is -0.954. The molecule has 222 valence electrons. The summed E-state index contributed by atoms with van der Waals surface area (Å²) in [7, 11) is 0. The number of aryl methyl sites for hydroxylation is 1. The van der Waals surface area contributed by atoms with E-state index in [4.69, 9.17) is 27.1 Å². The molecule has 42 heavy (non-hydrogen) atoms. The fourth-order valence-electron chi connectivity index (χ4n) is 7.52. The molecule has 0 spiro atoms. The second kappa shape index (κ2) is 10.2. The number of nitrogens with two attached hydrogens (primary N) is 1. The molecule has 4 atom stereocenters. The maximum Gasteiger partial charge on any atom is 0.319 e. The monoisotopic (exact) mass is 599 g/mol. The van der Waals surface area contributed by atoms with Crippen LogP contribution in [0.4, 0.5) is 24.8 Å². The van der Waals surface area contributed by atoms with Crippen LogP contribution in [0.15, 0.2) is 18.7 Å². The predicted molar refractivity (Wildman–Crippen MR) is 158 cm³/mol. The predicted octanol–water partition coefficient (Wildman–Crippen LogP) is 5.21. The van der Waals surface area contributed by atoms with Gasteiger partial charge in [0.2, 0.25) is 0 Å². The van der Waals surface area contributed by atoms with Gasteiger partial charge in [-0.15, -0.1) is 0 Å². The molecule has 0 radical (unpaired) electrons. The molecule has 0 saturated carbocycles. The third kappa shape index (κ3) is 4.57. The number of rotatable bonds is 6. The molecule has 4 aliphatic heterocycles. The molecule has 3 N–H and O–H groups in total. The number of alkyl halides is 1. The van der Waals surface area contributed by atoms with Crippen molar-refractivity contribution < 1.29 is 17.9 Å². The van der Waals surface area contributed by atoms with Gasteiger partial charge in [-0.3, -0.25) is 4.90 Å². The van der Waals surface area contributed by atoms with E-state index < -0.39 is 23.4 Å². The maximum absolute atomic E-state index is 16.7. The number of anilines is 2. The number of benzene rings is 1. The quantitative estimate of drug-likeness (QED) is 0.399. The Labute approximate surface area is 247 Å². The van der Waals surface area contributed by atoms with Crippen molar-refractivity contribution in [1.82, 2.24) is 25.2 Å². The zero-order valence-electron chi connectivity index (χ0n) is 23.4. The summed E-state index contributed by atoms with van der Waals surface area (Å²) in [5, 5.41) is 4.05. The summed E-state index contributed by atoms with van der Waals surface area (Å²) in [4.78, 5) is 17.8. The first-order chi connectivity index (χ1) is 20.1. The molecule has 4 aliphatic rings. The van der Waals surface area contributed by atoms with E-state index in [1.54, 1.807) is 13.0 Å². The number of fused-ring (bicyclic) bond motifs is 4. The Morgan fingerprint density at radius 1 is 1.21 bits per heavy atom. The number of pyridine rings is 1. The normalized spacial score (nSPS) is 27.2. The lowest BCUT2D eigenvalue weighted by Gasteiger charge is -2.34. The third-order valence-electron chi connectivity index (χ3n) is 9.33. The van der Waals surface area contributed by atoms with Crippen LogP contribution in [0.3, 0.4) is 0 Å². The molecule has 2 aromatic heterocycles. The number of ether oxygens (including phenoxy) is 1. The van der Waals surface area contributed by atoms with Gasteiger partial charge in [-0.2, -0.15) is 9.97 Å². The number of halogens is 4. The van der Waals surface area contributed by atoms with Crippen LogP contribution in [-0.4, -0.2) is 76.4 Å². The van der Waals surface area contributed by atoms with Gasteiger partial charge in [-0.1, -0.05) is 18.2 Å². The lowest BCUT2D eigenvalue weighted by atomic mass is 9.95. The largest absolute Gasteiger partial charge is 0.461 e. The lowest BCUT2D eigenvalue weighted by molar-refractivity contribution is 0.107. The smallest absolute Gasteiger partial charge is 0.319 e. The summed E-state index contributed by atoms with van der Waals surface area (Å²) >= 11 is 6.73. The second-order valence-electron chi connectivity index (χ2n) is 12.2. The van der Waals surface area contributed by atoms with E-state index in [1.807, 2.05) is 0 Å². The van der Waals surface area contributed by atoms with Crippen molar-refractivity contribution in [2.45, 2.75) is 62.8 Å². The molecule has 0 amide bonds. The molecular weight excluding hydrogens is 567 g/mol. The van der Waals surface area contributed by atoms with Gasteiger partial charge in [-0.25, -0.2) is 18.2 Å². The second-order valence-corrected chi connectivity index (χ2v) is 12.6. The van der Waals surface area contributed by atoms with Gasteiger partial charge < -0.3 is 20.7 Å². The van der Waals surface area contributed by atoms with E-state index in [-0.39, 0.29) is 45.8 Å². The van der Waals surface area contributed by atoms with Gasteiger partial charge in [-0.05, 0) is 56.8 Å². The molecule has 7 rings (SSSR count). The first kappa shape index (κ1) is 27.7. The van der Waals surface area contributed by atoms with Crippen molar-refractivity contribution in [3.05, 3.63) is 40.7 Å². The maximum atomic E-state index is 16.7. The van der Waals surface area contributed by atoms with Crippen molar-refractivity contribution >= 4 is 40.0 Å². The molecular formula is C30H33ClF3N7O. The molecule has 3 aromatic rings. The zero-order chi connectivity index (χ0) is 29.3. The van der Waals surface area contributed by atoms with Crippen LogP contribution in [0.1, 0.15) is 43.2 Å². The van der Waals surface area contributed by atoms with E-state index >= 15 is 4.39 Å². The molecule has 6 heterocycles. The van der Waals surface area contributed by atoms with Crippen LogP contribution in [-0.2, 0) is 0 Å². The first-order valence-corrected chi connectivity index (χ1v) is 14.8. The first-order valence-electron chi connectivity index (χ1n) is 14.5. The molecule has 4 saturated heterocycles. The van der Waals surface area contributed by atoms with Gasteiger partial charge in [0.25, 0.3) is 0 Å². The highest BCUT2D eigenvalue weighted by Gasteiger charge is 2.49. The van der Waals surface area contributed by atoms with Crippen molar-refractivity contribution in [3.8, 4) is 17.3 Å². The van der Waals surface area contributed by atoms with E-state index in [9.17, 15) is 8.78 Å². The molecule has 2 bridgehead atoms. The van der Waals surface area contributed by atoms with Crippen molar-refractivity contribution in [1.29, 1.82) is 0 Å². The van der Waals surface area contributed by atoms with Crippen molar-refractivity contribution in [2.24, 2.45) is 0 Å². The van der Waals surface area contributed by atoms with Crippen LogP contribution in [0.5, 0.6) is 6.01 Å².